The molecule has 12 heterocycles. The van der Waals surface area contributed by atoms with Gasteiger partial charge in [0.05, 0.1) is 44.8 Å². The third kappa shape index (κ3) is 10.7. The topological polar surface area (TPSA) is 190 Å². The van der Waals surface area contributed by atoms with Crippen molar-refractivity contribution in [2.24, 2.45) is 5.92 Å². The molecule has 0 saturated carbocycles. The number of aliphatic hydroxyl groups excluding tert-OH is 1. The van der Waals surface area contributed by atoms with Crippen molar-refractivity contribution in [3.05, 3.63) is 145 Å². The molecule has 0 bridgehead atoms. The molecule has 4 aliphatic rings. The molecule has 4 N–H and O–H groups in total. The summed E-state index contributed by atoms with van der Waals surface area (Å²) in [6, 6.07) is 32.5. The molecule has 0 unspecified atom stereocenters. The van der Waals surface area contributed by atoms with Gasteiger partial charge in [-0.2, -0.15) is 19.9 Å². The molecular formula is C59H62F3N19O. The molecule has 0 spiro atoms. The Bertz CT molecular complexity index is 4190. The first-order valence-corrected chi connectivity index (χ1v) is 28.1. The maximum absolute atomic E-state index is 14.3. The van der Waals surface area contributed by atoms with Gasteiger partial charge in [0, 0.05) is 117 Å². The lowest BCUT2D eigenvalue weighted by molar-refractivity contribution is 0.240. The molecule has 4 aromatic carbocycles. The highest BCUT2D eigenvalue weighted by atomic mass is 19.2. The Labute approximate surface area is 468 Å². The number of imidazole rings is 4. The third-order valence-electron chi connectivity index (χ3n) is 15.7. The van der Waals surface area contributed by atoms with Gasteiger partial charge < -0.3 is 40.7 Å². The van der Waals surface area contributed by atoms with Crippen LogP contribution in [-0.2, 0) is 0 Å². The van der Waals surface area contributed by atoms with Gasteiger partial charge in [-0.1, -0.05) is 36.4 Å². The lowest BCUT2D eigenvalue weighted by Gasteiger charge is -2.32. The summed E-state index contributed by atoms with van der Waals surface area (Å²) >= 11 is 0. The number of hydrogen-bond acceptors (Lipinski definition) is 16. The van der Waals surface area contributed by atoms with Gasteiger partial charge in [0.1, 0.15) is 23.0 Å². The summed E-state index contributed by atoms with van der Waals surface area (Å²) in [5.74, 6) is 4.21. The maximum Gasteiger partial charge on any atom is 0.236 e. The number of para-hydroxylation sites is 6. The SMILES string of the molecule is Fc1ccc2c(nc3nc(N4CCNCC4)ccn32)c1F.Fc1cn2c(nc1N1CCNCC1)nc1ccccc12.OCCC1CCN(c2ccn3c(n2)nc2ccccc23)CC1.c1ccc2c(c1)nc1nc(N3CCNCC3)ccn12. The number of benzene rings is 4. The lowest BCUT2D eigenvalue weighted by atomic mass is 9.94. The Morgan fingerprint density at radius 3 is 1.32 bits per heavy atom. The van der Waals surface area contributed by atoms with E-state index in [1.165, 1.54) is 12.3 Å². The molecule has 4 saturated heterocycles. The Morgan fingerprint density at radius 1 is 0.415 bits per heavy atom. The van der Waals surface area contributed by atoms with Crippen molar-refractivity contribution in [1.82, 2.24) is 73.4 Å². The fourth-order valence-electron chi connectivity index (χ4n) is 11.3. The second-order valence-electron chi connectivity index (χ2n) is 20.7. The average molecular weight is 1110 g/mol. The fourth-order valence-corrected chi connectivity index (χ4v) is 11.3. The number of fused-ring (bicyclic) bond motifs is 12. The molecule has 82 heavy (non-hydrogen) atoms. The summed E-state index contributed by atoms with van der Waals surface area (Å²) in [6.45, 7) is 13.1. The van der Waals surface area contributed by atoms with Crippen molar-refractivity contribution in [2.45, 2.75) is 19.3 Å². The molecule has 20 nitrogen and oxygen atoms in total. The number of rotatable bonds is 6. The fraction of sp³-hybridized carbons (Fsp3) is 0.322. The summed E-state index contributed by atoms with van der Waals surface area (Å²) in [7, 11) is 0. The van der Waals surface area contributed by atoms with E-state index in [-0.39, 0.29) is 11.3 Å². The third-order valence-corrected chi connectivity index (χ3v) is 15.7. The van der Waals surface area contributed by atoms with E-state index in [1.807, 2.05) is 80.4 Å². The number of piperazine rings is 3. The molecule has 4 fully saturated rings. The van der Waals surface area contributed by atoms with Crippen LogP contribution in [0.15, 0.2) is 128 Å². The van der Waals surface area contributed by atoms with Crippen LogP contribution in [0.1, 0.15) is 19.3 Å². The molecule has 4 aliphatic heterocycles. The summed E-state index contributed by atoms with van der Waals surface area (Å²) in [5.41, 5.74) is 6.41. The van der Waals surface area contributed by atoms with Crippen LogP contribution in [0.4, 0.5) is 36.4 Å². The molecule has 16 rings (SSSR count). The Kier molecular flexibility index (Phi) is 15.0. The van der Waals surface area contributed by atoms with Gasteiger partial charge in [0.15, 0.2) is 23.3 Å². The van der Waals surface area contributed by atoms with E-state index >= 15 is 0 Å². The van der Waals surface area contributed by atoms with Crippen LogP contribution < -0.4 is 35.6 Å². The molecule has 420 valence electrons. The van der Waals surface area contributed by atoms with Gasteiger partial charge in [-0.3, -0.25) is 17.6 Å². The molecule has 0 radical (unpaired) electrons. The van der Waals surface area contributed by atoms with E-state index in [9.17, 15) is 13.2 Å². The zero-order valence-electron chi connectivity index (χ0n) is 45.2. The van der Waals surface area contributed by atoms with E-state index in [2.05, 4.69) is 102 Å². The van der Waals surface area contributed by atoms with Crippen LogP contribution >= 0.6 is 0 Å². The highest BCUT2D eigenvalue weighted by Crippen LogP contribution is 2.27. The molecule has 0 atom stereocenters. The monoisotopic (exact) mass is 1110 g/mol. The quantitative estimate of drug-likeness (QED) is 0.136. The number of hydrogen-bond donors (Lipinski definition) is 4. The molecular weight excluding hydrogens is 1050 g/mol. The highest BCUT2D eigenvalue weighted by Gasteiger charge is 2.23. The second-order valence-corrected chi connectivity index (χ2v) is 20.7. The first-order valence-electron chi connectivity index (χ1n) is 28.1. The number of nitrogens with zero attached hydrogens (tertiary/aromatic N) is 16. The zero-order chi connectivity index (χ0) is 55.5. The van der Waals surface area contributed by atoms with Crippen LogP contribution in [0.3, 0.4) is 0 Å². The number of halogens is 3. The van der Waals surface area contributed by atoms with Crippen LogP contribution in [0.25, 0.3) is 67.2 Å². The number of aliphatic hydroxyl groups is 1. The normalized spacial score (nSPS) is 16.3. The van der Waals surface area contributed by atoms with Gasteiger partial charge in [0.2, 0.25) is 23.1 Å². The van der Waals surface area contributed by atoms with Crippen molar-refractivity contribution in [1.29, 1.82) is 0 Å². The highest BCUT2D eigenvalue weighted by molar-refractivity contribution is 5.82. The van der Waals surface area contributed by atoms with E-state index in [4.69, 9.17) is 10.1 Å². The minimum absolute atomic E-state index is 0.0139. The number of nitrogens with one attached hydrogen (secondary N) is 3. The average Bonchev–Trinajstić information content (AvgIpc) is 4.41. The van der Waals surface area contributed by atoms with Crippen molar-refractivity contribution < 1.29 is 18.3 Å². The van der Waals surface area contributed by atoms with E-state index < -0.39 is 11.6 Å². The summed E-state index contributed by atoms with van der Waals surface area (Å²) in [6.07, 6.45) is 10.6. The predicted molar refractivity (Wildman–Crippen MR) is 314 cm³/mol. The zero-order valence-corrected chi connectivity index (χ0v) is 45.2. The molecule has 12 aromatic rings. The molecule has 0 amide bonds. The van der Waals surface area contributed by atoms with Gasteiger partial charge in [-0.25, -0.2) is 33.1 Å². The standard InChI is InChI=1S/C17H20N4O.C14H13F2N5.C14H14FN5.C14H15N5/c22-12-8-13-5-9-20(10-6-13)16-7-11-21-15-4-2-1-3-14(15)18-17(21)19-16;15-9-1-2-10-13(12(9)16)19-14-18-11(3-6-21(10)14)20-7-4-17-5-8-20;15-10-9-20-12-4-2-1-3-11(12)17-14(20)18-13(10)19-7-5-16-6-8-19;1-2-4-12-11(3-1)16-14-17-13(5-8-19(12)14)18-9-6-15-7-10-18/h1-4,7,11,13,22H,5-6,8-10,12H2;1-3,6,17H,4-5,7-8H2;1-4,9,16H,5-8H2;1-5,8,15H,6-7,9-10H2. The van der Waals surface area contributed by atoms with E-state index in [0.29, 0.717) is 35.4 Å². The van der Waals surface area contributed by atoms with E-state index in [0.717, 1.165) is 179 Å². The van der Waals surface area contributed by atoms with Crippen molar-refractivity contribution in [2.75, 3.05) is 118 Å². The smallest absolute Gasteiger partial charge is 0.236 e. The van der Waals surface area contributed by atoms with Gasteiger partial charge in [0.25, 0.3) is 0 Å². The Hall–Kier alpha value is -8.77. The first-order chi connectivity index (χ1) is 40.3. The lowest BCUT2D eigenvalue weighted by Crippen LogP contribution is -2.44. The van der Waals surface area contributed by atoms with Crippen LogP contribution in [0.5, 0.6) is 0 Å². The minimum atomic E-state index is -0.929. The van der Waals surface area contributed by atoms with E-state index in [1.54, 1.807) is 15.0 Å². The molecule has 23 heteroatoms. The van der Waals surface area contributed by atoms with Crippen molar-refractivity contribution in [3.8, 4) is 0 Å². The van der Waals surface area contributed by atoms with Crippen LogP contribution in [-0.4, -0.2) is 161 Å². The second kappa shape index (κ2) is 23.4. The number of anilines is 4. The van der Waals surface area contributed by atoms with Crippen LogP contribution in [0.2, 0.25) is 0 Å². The summed E-state index contributed by atoms with van der Waals surface area (Å²) in [5, 5.41) is 18.9. The minimum Gasteiger partial charge on any atom is -0.396 e. The van der Waals surface area contributed by atoms with Crippen molar-refractivity contribution in [3.63, 3.8) is 0 Å². The maximum atomic E-state index is 14.3. The largest absolute Gasteiger partial charge is 0.396 e. The first kappa shape index (κ1) is 52.6. The molecule has 8 aromatic heterocycles. The van der Waals surface area contributed by atoms with Gasteiger partial charge in [-0.05, 0) is 91.9 Å². The predicted octanol–water partition coefficient (Wildman–Crippen LogP) is 6.77. The van der Waals surface area contributed by atoms with Gasteiger partial charge >= 0.3 is 0 Å². The summed E-state index contributed by atoms with van der Waals surface area (Å²) < 4.78 is 48.9. The Balaban J connectivity index is 0.000000103. The van der Waals surface area contributed by atoms with Crippen LogP contribution in [0, 0.1) is 23.4 Å². The van der Waals surface area contributed by atoms with Crippen molar-refractivity contribution >= 4 is 90.5 Å². The molecule has 0 aliphatic carbocycles. The summed E-state index contributed by atoms with van der Waals surface area (Å²) in [4.78, 5) is 44.8. The van der Waals surface area contributed by atoms with Gasteiger partial charge in [-0.15, -0.1) is 0 Å². The number of piperidine rings is 1. The number of aromatic nitrogens is 12. The Morgan fingerprint density at radius 2 is 0.829 bits per heavy atom.